The van der Waals surface area contributed by atoms with Crippen LogP contribution in [0.4, 0.5) is 5.82 Å². The molecule has 3 aromatic heterocycles. The number of tetrazole rings is 1. The molecule has 114 valence electrons. The van der Waals surface area contributed by atoms with E-state index in [9.17, 15) is 0 Å². The summed E-state index contributed by atoms with van der Waals surface area (Å²) in [6.07, 6.45) is 0. The number of hydrogen-bond acceptors (Lipinski definition) is 9. The van der Waals surface area contributed by atoms with Crippen molar-refractivity contribution in [1.29, 1.82) is 0 Å². The lowest BCUT2D eigenvalue weighted by molar-refractivity contribution is 0.215. The fraction of sp³-hybridized carbons (Fsp3) is 0.500. The van der Waals surface area contributed by atoms with Crippen LogP contribution in [0.3, 0.4) is 0 Å². The maximum Gasteiger partial charge on any atom is 0.240 e. The van der Waals surface area contributed by atoms with Crippen LogP contribution in [0.15, 0.2) is 16.7 Å². The van der Waals surface area contributed by atoms with Crippen molar-refractivity contribution in [3.05, 3.63) is 23.8 Å². The molecule has 0 atom stereocenters. The van der Waals surface area contributed by atoms with Crippen molar-refractivity contribution in [2.24, 2.45) is 0 Å². The summed E-state index contributed by atoms with van der Waals surface area (Å²) in [7, 11) is 0. The highest BCUT2D eigenvalue weighted by Crippen LogP contribution is 2.14. The Balaban J connectivity index is 1.40. The van der Waals surface area contributed by atoms with Crippen molar-refractivity contribution < 1.29 is 4.52 Å². The molecule has 0 spiro atoms. The molecule has 0 bridgehead atoms. The normalized spacial score (nSPS) is 16.5. The Morgan fingerprint density at radius 3 is 2.82 bits per heavy atom. The first-order chi connectivity index (χ1) is 10.8. The molecule has 0 aromatic carbocycles. The summed E-state index contributed by atoms with van der Waals surface area (Å²) in [6, 6.07) is 3.82. The summed E-state index contributed by atoms with van der Waals surface area (Å²) in [6.45, 7) is 6.11. The first-order valence-electron chi connectivity index (χ1n) is 7.10. The Hall–Kier alpha value is -2.62. The number of piperazine rings is 1. The second-order valence-corrected chi connectivity index (χ2v) is 5.22. The van der Waals surface area contributed by atoms with Gasteiger partial charge in [-0.15, -0.1) is 14.8 Å². The van der Waals surface area contributed by atoms with Crippen molar-refractivity contribution in [2.45, 2.75) is 13.5 Å². The van der Waals surface area contributed by atoms with Crippen molar-refractivity contribution >= 4 is 11.5 Å². The summed E-state index contributed by atoms with van der Waals surface area (Å²) >= 11 is 0. The molecule has 0 aliphatic carbocycles. The second kappa shape index (κ2) is 5.30. The van der Waals surface area contributed by atoms with Crippen LogP contribution < -0.4 is 4.90 Å². The number of rotatable bonds is 3. The van der Waals surface area contributed by atoms with Gasteiger partial charge in [-0.1, -0.05) is 5.16 Å². The van der Waals surface area contributed by atoms with E-state index in [0.29, 0.717) is 23.9 Å². The van der Waals surface area contributed by atoms with E-state index in [1.807, 2.05) is 19.1 Å². The molecule has 0 N–H and O–H groups in total. The SMILES string of the molecule is Cc1noc(CN2CCN(c3ccc4nnnn4n3)CC2)n1. The van der Waals surface area contributed by atoms with Crippen molar-refractivity contribution in [2.75, 3.05) is 31.1 Å². The molecule has 1 aliphatic heterocycles. The maximum absolute atomic E-state index is 5.16. The van der Waals surface area contributed by atoms with E-state index in [-0.39, 0.29) is 0 Å². The number of aromatic nitrogens is 7. The van der Waals surface area contributed by atoms with Gasteiger partial charge in [-0.05, 0) is 29.5 Å². The van der Waals surface area contributed by atoms with Crippen LogP contribution >= 0.6 is 0 Å². The molecule has 3 aromatic rings. The number of anilines is 1. The van der Waals surface area contributed by atoms with Crippen LogP contribution in [-0.2, 0) is 6.54 Å². The predicted octanol–water partition coefficient (Wildman–Crippen LogP) is -0.467. The Bertz CT molecular complexity index is 774. The summed E-state index contributed by atoms with van der Waals surface area (Å²) in [5.41, 5.74) is 0.647. The molecule has 4 rings (SSSR count). The van der Waals surface area contributed by atoms with Crippen LogP contribution in [-0.4, -0.2) is 66.5 Å². The molecule has 10 heteroatoms. The third-order valence-corrected chi connectivity index (χ3v) is 3.68. The molecule has 22 heavy (non-hydrogen) atoms. The highest BCUT2D eigenvalue weighted by Gasteiger charge is 2.20. The van der Waals surface area contributed by atoms with E-state index in [4.69, 9.17) is 4.52 Å². The average molecular weight is 301 g/mol. The van der Waals surface area contributed by atoms with Gasteiger partial charge in [0.25, 0.3) is 0 Å². The van der Waals surface area contributed by atoms with Crippen molar-refractivity contribution in [1.82, 2.24) is 40.3 Å². The van der Waals surface area contributed by atoms with Gasteiger partial charge in [0.15, 0.2) is 17.3 Å². The quantitative estimate of drug-likeness (QED) is 0.635. The van der Waals surface area contributed by atoms with Crippen LogP contribution in [0.5, 0.6) is 0 Å². The molecule has 10 nitrogen and oxygen atoms in total. The minimum absolute atomic E-state index is 0.647. The van der Waals surface area contributed by atoms with Gasteiger partial charge in [0, 0.05) is 26.2 Å². The molecule has 4 heterocycles. The van der Waals surface area contributed by atoms with Crippen LogP contribution in [0.25, 0.3) is 5.65 Å². The van der Waals surface area contributed by atoms with Gasteiger partial charge in [0.1, 0.15) is 0 Å². The van der Waals surface area contributed by atoms with Crippen molar-refractivity contribution in [3.8, 4) is 0 Å². The van der Waals surface area contributed by atoms with Gasteiger partial charge >= 0.3 is 0 Å². The molecular weight excluding hydrogens is 286 g/mol. The van der Waals surface area contributed by atoms with E-state index in [0.717, 1.165) is 32.0 Å². The average Bonchev–Trinajstić information content (AvgIpc) is 3.16. The van der Waals surface area contributed by atoms with E-state index >= 15 is 0 Å². The summed E-state index contributed by atoms with van der Waals surface area (Å²) in [5.74, 6) is 2.22. The van der Waals surface area contributed by atoms with Crippen LogP contribution in [0, 0.1) is 6.92 Å². The second-order valence-electron chi connectivity index (χ2n) is 5.22. The van der Waals surface area contributed by atoms with Crippen LogP contribution in [0.2, 0.25) is 0 Å². The zero-order valence-electron chi connectivity index (χ0n) is 12.1. The number of hydrogen-bond donors (Lipinski definition) is 0. The van der Waals surface area contributed by atoms with Gasteiger partial charge in [0.05, 0.1) is 6.54 Å². The largest absolute Gasteiger partial charge is 0.353 e. The van der Waals surface area contributed by atoms with Gasteiger partial charge in [-0.3, -0.25) is 4.90 Å². The number of nitrogens with zero attached hydrogens (tertiary/aromatic N) is 9. The first kappa shape index (κ1) is 13.1. The minimum atomic E-state index is 0.647. The molecule has 1 aliphatic rings. The third-order valence-electron chi connectivity index (χ3n) is 3.68. The highest BCUT2D eigenvalue weighted by molar-refractivity contribution is 5.44. The molecule has 1 saturated heterocycles. The lowest BCUT2D eigenvalue weighted by Crippen LogP contribution is -2.46. The Kier molecular flexibility index (Phi) is 3.15. The van der Waals surface area contributed by atoms with E-state index in [1.54, 1.807) is 0 Å². The Morgan fingerprint density at radius 1 is 1.18 bits per heavy atom. The fourth-order valence-electron chi connectivity index (χ4n) is 2.54. The number of aryl methyl sites for hydroxylation is 1. The minimum Gasteiger partial charge on any atom is -0.353 e. The molecular formula is C12H15N9O. The van der Waals surface area contributed by atoms with Crippen LogP contribution in [0.1, 0.15) is 11.7 Å². The molecule has 0 saturated carbocycles. The van der Waals surface area contributed by atoms with Gasteiger partial charge < -0.3 is 9.42 Å². The lowest BCUT2D eigenvalue weighted by atomic mass is 10.3. The standard InChI is InChI=1S/C12H15N9O/c1-9-13-12(22-16-9)8-19-4-6-20(7-5-19)11-3-2-10-14-17-18-21(10)15-11/h2-3H,4-8H2,1H3. The topological polar surface area (TPSA) is 101 Å². The maximum atomic E-state index is 5.16. The van der Waals surface area contributed by atoms with Gasteiger partial charge in [-0.25, -0.2) is 0 Å². The van der Waals surface area contributed by atoms with Crippen molar-refractivity contribution in [3.63, 3.8) is 0 Å². The van der Waals surface area contributed by atoms with E-state index in [1.165, 1.54) is 4.63 Å². The Morgan fingerprint density at radius 2 is 2.05 bits per heavy atom. The predicted molar refractivity (Wildman–Crippen MR) is 75.1 cm³/mol. The van der Waals surface area contributed by atoms with Gasteiger partial charge in [-0.2, -0.15) is 4.98 Å². The lowest BCUT2D eigenvalue weighted by Gasteiger charge is -2.34. The third kappa shape index (κ3) is 2.48. The zero-order valence-corrected chi connectivity index (χ0v) is 12.1. The monoisotopic (exact) mass is 301 g/mol. The summed E-state index contributed by atoms with van der Waals surface area (Å²) < 4.78 is 6.61. The van der Waals surface area contributed by atoms with Gasteiger partial charge in [0.2, 0.25) is 5.89 Å². The summed E-state index contributed by atoms with van der Waals surface area (Å²) in [5, 5.41) is 19.5. The molecule has 0 unspecified atom stereocenters. The fourth-order valence-corrected chi connectivity index (χ4v) is 2.54. The smallest absolute Gasteiger partial charge is 0.240 e. The van der Waals surface area contributed by atoms with E-state index in [2.05, 4.69) is 40.6 Å². The molecule has 0 amide bonds. The zero-order chi connectivity index (χ0) is 14.9. The molecule has 1 fully saturated rings. The Labute approximate surface area is 125 Å². The summed E-state index contributed by atoms with van der Waals surface area (Å²) in [4.78, 5) is 8.75. The molecule has 0 radical (unpaired) electrons. The highest BCUT2D eigenvalue weighted by atomic mass is 16.5. The van der Waals surface area contributed by atoms with E-state index < -0.39 is 0 Å². The number of fused-ring (bicyclic) bond motifs is 1. The first-order valence-corrected chi connectivity index (χ1v) is 7.10.